The van der Waals surface area contributed by atoms with Crippen molar-refractivity contribution in [1.82, 2.24) is 9.88 Å². The summed E-state index contributed by atoms with van der Waals surface area (Å²) in [6.07, 6.45) is 5.04. The summed E-state index contributed by atoms with van der Waals surface area (Å²) in [6, 6.07) is 6.98. The fourth-order valence-corrected chi connectivity index (χ4v) is 3.04. The molecule has 1 aliphatic rings. The van der Waals surface area contributed by atoms with E-state index in [1.54, 1.807) is 12.3 Å². The van der Waals surface area contributed by atoms with Crippen LogP contribution in [0.25, 0.3) is 10.9 Å². The molecule has 1 aliphatic heterocycles. The minimum atomic E-state index is -0.224. The summed E-state index contributed by atoms with van der Waals surface area (Å²) in [5, 5.41) is 10.3. The molecule has 0 amide bonds. The van der Waals surface area contributed by atoms with Crippen LogP contribution < -0.4 is 0 Å². The lowest BCUT2D eigenvalue weighted by Crippen LogP contribution is -2.41. The molecule has 1 aromatic heterocycles. The zero-order valence-corrected chi connectivity index (χ0v) is 11.4. The molecule has 3 nitrogen and oxygen atoms in total. The molecule has 3 rings (SSSR count). The lowest BCUT2D eigenvalue weighted by Gasteiger charge is -2.34. The molecule has 0 aliphatic carbocycles. The molecule has 0 bridgehead atoms. The third kappa shape index (κ3) is 2.67. The Balaban J connectivity index is 1.93. The van der Waals surface area contributed by atoms with Gasteiger partial charge in [-0.25, -0.2) is 4.39 Å². The van der Waals surface area contributed by atoms with Gasteiger partial charge in [0.2, 0.25) is 0 Å². The van der Waals surface area contributed by atoms with Crippen molar-refractivity contribution in [2.45, 2.75) is 31.8 Å². The molecule has 4 heteroatoms. The summed E-state index contributed by atoms with van der Waals surface area (Å²) in [7, 11) is 0. The van der Waals surface area contributed by atoms with Crippen LogP contribution in [0.4, 0.5) is 4.39 Å². The molecule has 1 fully saturated rings. The molecule has 0 saturated carbocycles. The van der Waals surface area contributed by atoms with E-state index in [-0.39, 0.29) is 18.5 Å². The smallest absolute Gasteiger partial charge is 0.124 e. The normalized spacial score (nSPS) is 20.4. The van der Waals surface area contributed by atoms with Crippen molar-refractivity contribution in [2.24, 2.45) is 0 Å². The van der Waals surface area contributed by atoms with Crippen LogP contribution in [0, 0.1) is 5.82 Å². The number of halogens is 1. The highest BCUT2D eigenvalue weighted by Crippen LogP contribution is 2.24. The average Bonchev–Trinajstić information content (AvgIpc) is 2.47. The van der Waals surface area contributed by atoms with Crippen molar-refractivity contribution in [3.05, 3.63) is 41.8 Å². The molecular formula is C16H19FN2O. The SMILES string of the molecule is OCC1CCCCN1Cc1cc(F)cc2cccnc12. The van der Waals surface area contributed by atoms with Gasteiger partial charge in [0.25, 0.3) is 0 Å². The average molecular weight is 274 g/mol. The molecule has 1 saturated heterocycles. The number of nitrogens with zero attached hydrogens (tertiary/aromatic N) is 2. The molecule has 20 heavy (non-hydrogen) atoms. The Kier molecular flexibility index (Phi) is 3.94. The number of piperidine rings is 1. The van der Waals surface area contributed by atoms with Crippen molar-refractivity contribution in [3.63, 3.8) is 0 Å². The maximum Gasteiger partial charge on any atom is 0.124 e. The van der Waals surface area contributed by atoms with Crippen LogP contribution >= 0.6 is 0 Å². The zero-order chi connectivity index (χ0) is 13.9. The Morgan fingerprint density at radius 3 is 3.10 bits per heavy atom. The van der Waals surface area contributed by atoms with Gasteiger partial charge in [-0.15, -0.1) is 0 Å². The number of aromatic nitrogens is 1. The Labute approximate surface area is 118 Å². The van der Waals surface area contributed by atoms with E-state index in [0.29, 0.717) is 6.54 Å². The number of aliphatic hydroxyl groups excluding tert-OH is 1. The molecule has 2 heterocycles. The van der Waals surface area contributed by atoms with Crippen LogP contribution in [0.2, 0.25) is 0 Å². The van der Waals surface area contributed by atoms with Crippen LogP contribution in [0.5, 0.6) is 0 Å². The molecule has 1 unspecified atom stereocenters. The number of hydrogen-bond donors (Lipinski definition) is 1. The van der Waals surface area contributed by atoms with Crippen molar-refractivity contribution < 1.29 is 9.50 Å². The summed E-state index contributed by atoms with van der Waals surface area (Å²) in [4.78, 5) is 6.63. The second kappa shape index (κ2) is 5.85. The van der Waals surface area contributed by atoms with Gasteiger partial charge in [0, 0.05) is 24.2 Å². The predicted octanol–water partition coefficient (Wildman–Crippen LogP) is 2.72. The largest absolute Gasteiger partial charge is 0.395 e. The van der Waals surface area contributed by atoms with Gasteiger partial charge in [0.05, 0.1) is 12.1 Å². The number of fused-ring (bicyclic) bond motifs is 1. The Morgan fingerprint density at radius 1 is 1.35 bits per heavy atom. The lowest BCUT2D eigenvalue weighted by atomic mass is 10.0. The minimum absolute atomic E-state index is 0.167. The summed E-state index contributed by atoms with van der Waals surface area (Å²) in [6.45, 7) is 1.77. The molecule has 1 atom stereocenters. The molecule has 2 aromatic rings. The highest BCUT2D eigenvalue weighted by Gasteiger charge is 2.22. The first-order valence-electron chi connectivity index (χ1n) is 7.16. The number of hydrogen-bond acceptors (Lipinski definition) is 3. The number of aliphatic hydroxyl groups is 1. The van der Waals surface area contributed by atoms with Crippen molar-refractivity contribution in [1.29, 1.82) is 0 Å². The molecular weight excluding hydrogens is 255 g/mol. The molecule has 0 radical (unpaired) electrons. The van der Waals surface area contributed by atoms with E-state index in [1.165, 1.54) is 6.07 Å². The Hall–Kier alpha value is -1.52. The van der Waals surface area contributed by atoms with Gasteiger partial charge in [-0.2, -0.15) is 0 Å². The lowest BCUT2D eigenvalue weighted by molar-refractivity contribution is 0.0843. The first-order chi connectivity index (χ1) is 9.78. The van der Waals surface area contributed by atoms with Crippen LogP contribution in [-0.4, -0.2) is 34.2 Å². The number of pyridine rings is 1. The summed E-state index contributed by atoms with van der Waals surface area (Å²) in [5.74, 6) is -0.224. The highest BCUT2D eigenvalue weighted by atomic mass is 19.1. The number of benzene rings is 1. The predicted molar refractivity (Wildman–Crippen MR) is 76.8 cm³/mol. The molecule has 0 spiro atoms. The van der Waals surface area contributed by atoms with Crippen LogP contribution in [0.15, 0.2) is 30.5 Å². The number of likely N-dealkylation sites (tertiary alicyclic amines) is 1. The van der Waals surface area contributed by atoms with Gasteiger partial charge in [-0.05, 0) is 43.1 Å². The van der Waals surface area contributed by atoms with Crippen LogP contribution in [0.1, 0.15) is 24.8 Å². The van der Waals surface area contributed by atoms with E-state index in [0.717, 1.165) is 42.3 Å². The van der Waals surface area contributed by atoms with E-state index in [4.69, 9.17) is 0 Å². The van der Waals surface area contributed by atoms with E-state index < -0.39 is 0 Å². The quantitative estimate of drug-likeness (QED) is 0.935. The van der Waals surface area contributed by atoms with Crippen molar-refractivity contribution >= 4 is 10.9 Å². The maximum absolute atomic E-state index is 13.7. The third-order valence-corrected chi connectivity index (χ3v) is 4.08. The summed E-state index contributed by atoms with van der Waals surface area (Å²) < 4.78 is 13.7. The fraction of sp³-hybridized carbons (Fsp3) is 0.438. The first-order valence-corrected chi connectivity index (χ1v) is 7.16. The summed E-state index contributed by atoms with van der Waals surface area (Å²) >= 11 is 0. The molecule has 106 valence electrons. The standard InChI is InChI=1S/C16H19FN2O/c17-14-8-12-4-3-6-18-16(12)13(9-14)10-19-7-2-1-5-15(19)11-20/h3-4,6,8-9,15,20H,1-2,5,7,10-11H2. The van der Waals surface area contributed by atoms with E-state index in [2.05, 4.69) is 9.88 Å². The zero-order valence-electron chi connectivity index (χ0n) is 11.4. The second-order valence-electron chi connectivity index (χ2n) is 5.44. The van der Waals surface area contributed by atoms with Crippen LogP contribution in [0.3, 0.4) is 0 Å². The van der Waals surface area contributed by atoms with Gasteiger partial charge in [0.15, 0.2) is 0 Å². The van der Waals surface area contributed by atoms with E-state index >= 15 is 0 Å². The Morgan fingerprint density at radius 2 is 2.25 bits per heavy atom. The van der Waals surface area contributed by atoms with Gasteiger partial charge in [-0.1, -0.05) is 12.5 Å². The monoisotopic (exact) mass is 274 g/mol. The van der Waals surface area contributed by atoms with Crippen molar-refractivity contribution in [3.8, 4) is 0 Å². The van der Waals surface area contributed by atoms with Gasteiger partial charge < -0.3 is 5.11 Å². The number of rotatable bonds is 3. The first kappa shape index (κ1) is 13.5. The second-order valence-corrected chi connectivity index (χ2v) is 5.44. The highest BCUT2D eigenvalue weighted by molar-refractivity contribution is 5.81. The van der Waals surface area contributed by atoms with E-state index in [1.807, 2.05) is 12.1 Å². The van der Waals surface area contributed by atoms with E-state index in [9.17, 15) is 9.50 Å². The molecule has 1 aromatic carbocycles. The topological polar surface area (TPSA) is 36.4 Å². The third-order valence-electron chi connectivity index (χ3n) is 4.08. The maximum atomic E-state index is 13.7. The molecule has 1 N–H and O–H groups in total. The van der Waals surface area contributed by atoms with Gasteiger partial charge >= 0.3 is 0 Å². The van der Waals surface area contributed by atoms with Gasteiger partial charge in [-0.3, -0.25) is 9.88 Å². The van der Waals surface area contributed by atoms with Gasteiger partial charge in [0.1, 0.15) is 5.82 Å². The summed E-state index contributed by atoms with van der Waals surface area (Å²) in [5.41, 5.74) is 1.76. The van der Waals surface area contributed by atoms with Crippen LogP contribution in [-0.2, 0) is 6.54 Å². The minimum Gasteiger partial charge on any atom is -0.395 e. The fourth-order valence-electron chi connectivity index (χ4n) is 3.04. The Bertz CT molecular complexity index is 602. The van der Waals surface area contributed by atoms with Crippen molar-refractivity contribution in [2.75, 3.05) is 13.2 Å².